The number of thiophene rings is 1. The average molecular weight is 243 g/mol. The fraction of sp³-hybridized carbons (Fsp3) is 0.154. The van der Waals surface area contributed by atoms with Gasteiger partial charge in [-0.15, -0.1) is 0 Å². The zero-order valence-corrected chi connectivity index (χ0v) is 10.4. The van der Waals surface area contributed by atoms with Crippen LogP contribution in [0.25, 0.3) is 0 Å². The largest absolute Gasteiger partial charge is 0.397 e. The van der Waals surface area contributed by atoms with Crippen molar-refractivity contribution in [2.24, 2.45) is 0 Å². The minimum absolute atomic E-state index is 0.593. The highest BCUT2D eigenvalue weighted by Crippen LogP contribution is 2.24. The summed E-state index contributed by atoms with van der Waals surface area (Å²) in [6.45, 7) is 0.819. The van der Waals surface area contributed by atoms with Crippen molar-refractivity contribution in [3.05, 3.63) is 46.2 Å². The zero-order chi connectivity index (χ0) is 12.3. The Labute approximate surface area is 105 Å². The van der Waals surface area contributed by atoms with Gasteiger partial charge in [-0.25, -0.2) is 0 Å². The number of nitrogens with zero attached hydrogens (tertiary/aromatic N) is 2. The fourth-order valence-electron chi connectivity index (χ4n) is 1.71. The van der Waals surface area contributed by atoms with Crippen LogP contribution in [-0.2, 0) is 6.54 Å². The second kappa shape index (κ2) is 4.89. The van der Waals surface area contributed by atoms with Crippen LogP contribution in [-0.4, -0.2) is 7.05 Å². The van der Waals surface area contributed by atoms with Crippen LogP contribution in [0.3, 0.4) is 0 Å². The lowest BCUT2D eigenvalue weighted by Crippen LogP contribution is -2.17. The summed E-state index contributed by atoms with van der Waals surface area (Å²) in [5, 5.41) is 13.0. The second-order valence-electron chi connectivity index (χ2n) is 3.87. The van der Waals surface area contributed by atoms with E-state index in [0.717, 1.165) is 12.2 Å². The van der Waals surface area contributed by atoms with Gasteiger partial charge >= 0.3 is 0 Å². The number of anilines is 2. The summed E-state index contributed by atoms with van der Waals surface area (Å²) in [5.41, 5.74) is 9.39. The van der Waals surface area contributed by atoms with Crippen molar-refractivity contribution in [3.8, 4) is 6.07 Å². The number of hydrogen-bond donors (Lipinski definition) is 1. The summed E-state index contributed by atoms with van der Waals surface area (Å²) in [4.78, 5) is 2.08. The van der Waals surface area contributed by atoms with E-state index in [-0.39, 0.29) is 0 Å². The standard InChI is InChI=1S/C13H13N3S/c1-16(8-11-4-5-17-9-11)13-3-2-10(7-14)6-12(13)15/h2-6,9H,8,15H2,1H3. The van der Waals surface area contributed by atoms with Gasteiger partial charge in [0.15, 0.2) is 0 Å². The maximum Gasteiger partial charge on any atom is 0.0992 e. The third kappa shape index (κ3) is 2.58. The molecular formula is C13H13N3S. The number of benzene rings is 1. The lowest BCUT2D eigenvalue weighted by Gasteiger charge is -2.20. The number of nitrogens with two attached hydrogens (primary N) is 1. The molecule has 0 unspecified atom stereocenters. The number of hydrogen-bond acceptors (Lipinski definition) is 4. The lowest BCUT2D eigenvalue weighted by molar-refractivity contribution is 0.929. The predicted octanol–water partition coefficient (Wildman–Crippen LogP) is 2.84. The number of nitrogen functional groups attached to an aromatic ring is 1. The average Bonchev–Trinajstić information content (AvgIpc) is 2.81. The van der Waals surface area contributed by atoms with E-state index in [4.69, 9.17) is 11.0 Å². The van der Waals surface area contributed by atoms with E-state index in [0.29, 0.717) is 11.3 Å². The Morgan fingerprint density at radius 1 is 1.41 bits per heavy atom. The van der Waals surface area contributed by atoms with Crippen LogP contribution in [0.5, 0.6) is 0 Å². The van der Waals surface area contributed by atoms with Gasteiger partial charge in [0.05, 0.1) is 23.0 Å². The van der Waals surface area contributed by atoms with Crippen LogP contribution >= 0.6 is 11.3 Å². The first-order chi connectivity index (χ1) is 8.20. The van der Waals surface area contributed by atoms with Crippen LogP contribution in [0.1, 0.15) is 11.1 Å². The highest BCUT2D eigenvalue weighted by molar-refractivity contribution is 7.07. The highest BCUT2D eigenvalue weighted by Gasteiger charge is 2.07. The van der Waals surface area contributed by atoms with Crippen LogP contribution < -0.4 is 10.6 Å². The van der Waals surface area contributed by atoms with Crippen molar-refractivity contribution < 1.29 is 0 Å². The summed E-state index contributed by atoms with van der Waals surface area (Å²) in [6.07, 6.45) is 0. The highest BCUT2D eigenvalue weighted by atomic mass is 32.1. The zero-order valence-electron chi connectivity index (χ0n) is 9.55. The third-order valence-electron chi connectivity index (χ3n) is 2.57. The first-order valence-corrected chi connectivity index (χ1v) is 6.17. The monoisotopic (exact) mass is 243 g/mol. The third-order valence-corrected chi connectivity index (χ3v) is 3.30. The topological polar surface area (TPSA) is 53.0 Å². The minimum Gasteiger partial charge on any atom is -0.397 e. The van der Waals surface area contributed by atoms with Gasteiger partial charge < -0.3 is 10.6 Å². The Morgan fingerprint density at radius 3 is 2.82 bits per heavy atom. The van der Waals surface area contributed by atoms with Gasteiger partial charge in [-0.2, -0.15) is 16.6 Å². The van der Waals surface area contributed by atoms with Gasteiger partial charge in [-0.1, -0.05) is 0 Å². The van der Waals surface area contributed by atoms with Crippen molar-refractivity contribution in [2.45, 2.75) is 6.54 Å². The summed E-state index contributed by atoms with van der Waals surface area (Å²) in [7, 11) is 2.00. The van der Waals surface area contributed by atoms with Crippen molar-refractivity contribution in [1.82, 2.24) is 0 Å². The molecule has 0 aliphatic rings. The van der Waals surface area contributed by atoms with Gasteiger partial charge in [0.25, 0.3) is 0 Å². The van der Waals surface area contributed by atoms with Gasteiger partial charge in [0, 0.05) is 13.6 Å². The molecular weight excluding hydrogens is 230 g/mol. The van der Waals surface area contributed by atoms with Crippen LogP contribution in [0.15, 0.2) is 35.0 Å². The molecule has 0 saturated carbocycles. The van der Waals surface area contributed by atoms with E-state index in [1.807, 2.05) is 13.1 Å². The molecule has 0 aliphatic heterocycles. The van der Waals surface area contributed by atoms with Gasteiger partial charge in [-0.05, 0) is 40.6 Å². The molecule has 0 spiro atoms. The normalized spacial score (nSPS) is 9.88. The second-order valence-corrected chi connectivity index (χ2v) is 4.65. The molecule has 0 radical (unpaired) electrons. The molecule has 0 bridgehead atoms. The quantitative estimate of drug-likeness (QED) is 0.843. The number of nitriles is 1. The Kier molecular flexibility index (Phi) is 3.31. The van der Waals surface area contributed by atoms with Crippen LogP contribution in [0.2, 0.25) is 0 Å². The molecule has 2 rings (SSSR count). The van der Waals surface area contributed by atoms with Gasteiger partial charge in [-0.3, -0.25) is 0 Å². The molecule has 2 N–H and O–H groups in total. The maximum absolute atomic E-state index is 8.78. The Bertz CT molecular complexity index is 540. The fourth-order valence-corrected chi connectivity index (χ4v) is 2.37. The molecule has 0 saturated heterocycles. The van der Waals surface area contributed by atoms with Crippen LogP contribution in [0.4, 0.5) is 11.4 Å². The van der Waals surface area contributed by atoms with Crippen molar-refractivity contribution in [3.63, 3.8) is 0 Å². The minimum atomic E-state index is 0.593. The summed E-state index contributed by atoms with van der Waals surface area (Å²) < 4.78 is 0. The van der Waals surface area contributed by atoms with E-state index in [1.54, 1.807) is 23.5 Å². The Hall–Kier alpha value is -1.99. The van der Waals surface area contributed by atoms with E-state index in [1.165, 1.54) is 5.56 Å². The molecule has 0 fully saturated rings. The summed E-state index contributed by atoms with van der Waals surface area (Å²) in [5.74, 6) is 0. The molecule has 3 nitrogen and oxygen atoms in total. The lowest BCUT2D eigenvalue weighted by atomic mass is 10.1. The molecule has 86 valence electrons. The molecule has 4 heteroatoms. The molecule has 0 amide bonds. The molecule has 2 aromatic rings. The first kappa shape index (κ1) is 11.5. The van der Waals surface area contributed by atoms with E-state index in [9.17, 15) is 0 Å². The van der Waals surface area contributed by atoms with Gasteiger partial charge in [0.1, 0.15) is 0 Å². The van der Waals surface area contributed by atoms with Crippen LogP contribution in [0, 0.1) is 11.3 Å². The molecule has 1 aromatic carbocycles. The van der Waals surface area contributed by atoms with E-state index in [2.05, 4.69) is 27.8 Å². The van der Waals surface area contributed by atoms with Crippen molar-refractivity contribution in [2.75, 3.05) is 17.7 Å². The van der Waals surface area contributed by atoms with Crippen molar-refractivity contribution >= 4 is 22.7 Å². The Balaban J connectivity index is 2.20. The summed E-state index contributed by atoms with van der Waals surface area (Å²) in [6, 6.07) is 9.57. The molecule has 0 atom stereocenters. The summed E-state index contributed by atoms with van der Waals surface area (Å²) >= 11 is 1.69. The first-order valence-electron chi connectivity index (χ1n) is 5.22. The molecule has 1 aromatic heterocycles. The van der Waals surface area contributed by atoms with Crippen molar-refractivity contribution in [1.29, 1.82) is 5.26 Å². The predicted molar refractivity (Wildman–Crippen MR) is 72.0 cm³/mol. The smallest absolute Gasteiger partial charge is 0.0992 e. The molecule has 17 heavy (non-hydrogen) atoms. The van der Waals surface area contributed by atoms with Gasteiger partial charge in [0.2, 0.25) is 0 Å². The van der Waals surface area contributed by atoms with E-state index >= 15 is 0 Å². The number of rotatable bonds is 3. The van der Waals surface area contributed by atoms with E-state index < -0.39 is 0 Å². The SMILES string of the molecule is CN(Cc1ccsc1)c1ccc(C#N)cc1N. The molecule has 1 heterocycles. The molecule has 0 aliphatic carbocycles. The maximum atomic E-state index is 8.78. The Morgan fingerprint density at radius 2 is 2.24 bits per heavy atom.